The Labute approximate surface area is 551 Å². The predicted octanol–water partition coefficient (Wildman–Crippen LogP) is 2.25. The van der Waals surface area contributed by atoms with Gasteiger partial charge < -0.3 is 80.2 Å². The fraction of sp³-hybridized carbons (Fsp3) is 0.544. The zero-order valence-electron chi connectivity index (χ0n) is 56.1. The number of aliphatic carboxylic acids is 1. The molecule has 0 aliphatic rings. The molecular formula is C68H102N14O12. The second-order valence-corrected chi connectivity index (χ2v) is 25.6. The van der Waals surface area contributed by atoms with E-state index in [0.717, 1.165) is 16.5 Å². The summed E-state index contributed by atoms with van der Waals surface area (Å²) in [4.78, 5) is 149. The largest absolute Gasteiger partial charge is 0.480 e. The first kappa shape index (κ1) is 77.5. The van der Waals surface area contributed by atoms with Crippen molar-refractivity contribution in [2.24, 2.45) is 51.8 Å². The van der Waals surface area contributed by atoms with Crippen LogP contribution in [0.4, 0.5) is 0 Å². The van der Waals surface area contributed by atoms with Gasteiger partial charge in [-0.15, -0.1) is 0 Å². The number of carboxylic acid groups (broad SMARTS) is 1. The van der Waals surface area contributed by atoms with Gasteiger partial charge in [0.1, 0.15) is 54.4 Å². The Kier molecular flexibility index (Phi) is 31.6. The van der Waals surface area contributed by atoms with Crippen LogP contribution in [-0.4, -0.2) is 153 Å². The molecule has 4 rings (SSSR count). The summed E-state index contributed by atoms with van der Waals surface area (Å²) in [6.45, 7) is 18.9. The number of H-pyrrole nitrogens is 1. The van der Waals surface area contributed by atoms with Gasteiger partial charge in [0.2, 0.25) is 53.2 Å². The molecule has 1 aromatic heterocycles. The lowest BCUT2D eigenvalue weighted by Gasteiger charge is -2.31. The van der Waals surface area contributed by atoms with Crippen molar-refractivity contribution < 1.29 is 58.2 Å². The minimum Gasteiger partial charge on any atom is -0.480 e. The number of fused-ring (bicyclic) bond motifs is 1. The fourth-order valence-corrected chi connectivity index (χ4v) is 10.6. The van der Waals surface area contributed by atoms with E-state index < -0.39 is 143 Å². The standard InChI is InChI=1S/C68H102N14O12/c1-12-40(9)55(65(91)78-52(33-43-23-16-14-17-24-43)61(87)74-49(29-22-30-72-68(70)71)59(85)81-56(67(93)94)41(10)13-2)80-63(89)53(34-44-25-18-15-19-26-44)76-60(86)50(31-37(3)4)77-64(90)54(39(7)8)79-66(92)57(42(11)83)82-62(88)51(32-38(5)6)75-58(84)47(69)35-45-36-73-48-28-21-20-27-46(45)48/h14-21,23-28,36-42,47,49-57,73,83H,12-13,22,29-35,69H2,1-11H3,(H,74,87)(H,75,84)(H,76,86)(H,77,90)(H,78,91)(H,79,92)(H,80,89)(H,81,85)(H,82,88)(H,93,94)(H4,70,71,72)/t40-,41-,42+,47-,49-,50-,51-,52-,53-,54-,55-,56-,57-/m0/s1. The van der Waals surface area contributed by atoms with Crippen molar-refractivity contribution in [2.45, 2.75) is 200 Å². The Bertz CT molecular complexity index is 3170. The zero-order valence-corrected chi connectivity index (χ0v) is 56.1. The van der Waals surface area contributed by atoms with E-state index in [0.29, 0.717) is 24.0 Å². The number of nitrogens with one attached hydrogen (secondary N) is 10. The minimum atomic E-state index is -1.62. The molecule has 9 amide bonds. The Balaban J connectivity index is 1.58. The van der Waals surface area contributed by atoms with Crippen LogP contribution < -0.4 is 65.1 Å². The van der Waals surface area contributed by atoms with Gasteiger partial charge in [-0.05, 0) is 91.4 Å². The molecule has 94 heavy (non-hydrogen) atoms. The van der Waals surface area contributed by atoms with Crippen molar-refractivity contribution in [3.8, 4) is 0 Å². The number of aromatic amines is 1. The van der Waals surface area contributed by atoms with E-state index in [9.17, 15) is 58.2 Å². The highest BCUT2D eigenvalue weighted by Gasteiger charge is 2.39. The number of carbonyl (C=O) groups excluding carboxylic acids is 9. The molecular weight excluding hydrogens is 1200 g/mol. The lowest BCUT2D eigenvalue weighted by Crippen LogP contribution is -2.63. The molecule has 516 valence electrons. The van der Waals surface area contributed by atoms with Gasteiger partial charge in [-0.2, -0.15) is 0 Å². The number of aliphatic hydroxyl groups is 1. The summed E-state index contributed by atoms with van der Waals surface area (Å²) in [5.41, 5.74) is 20.4. The number of aliphatic hydroxyl groups excluding tert-OH is 1. The Morgan fingerprint density at radius 1 is 0.479 bits per heavy atom. The van der Waals surface area contributed by atoms with Crippen LogP contribution in [-0.2, 0) is 67.2 Å². The molecule has 0 aliphatic heterocycles. The summed E-state index contributed by atoms with van der Waals surface area (Å²) >= 11 is 0. The highest BCUT2D eigenvalue weighted by molar-refractivity contribution is 5.99. The Hall–Kier alpha value is -8.91. The van der Waals surface area contributed by atoms with Gasteiger partial charge >= 0.3 is 5.97 Å². The summed E-state index contributed by atoms with van der Waals surface area (Å²) in [5, 5.41) is 46.4. The van der Waals surface area contributed by atoms with Crippen LogP contribution >= 0.6 is 0 Å². The Morgan fingerprint density at radius 2 is 0.883 bits per heavy atom. The van der Waals surface area contributed by atoms with Crippen molar-refractivity contribution in [2.75, 3.05) is 6.54 Å². The SMILES string of the molecule is CC[C@H](C)[C@H](NC(=O)[C@H](CCCN=C(N)N)NC(=O)[C@H](Cc1ccccc1)NC(=O)[C@@H](NC(=O)[C@H](Cc1ccccc1)NC(=O)[C@H](CC(C)C)NC(=O)[C@@H](NC(=O)[C@@H](NC(=O)[C@H](CC(C)C)NC(=O)[C@@H](N)Cc1c[nH]c2ccccc12)[C@@H](C)O)C(C)C)[C@@H](C)CC)C(=O)O. The second-order valence-electron chi connectivity index (χ2n) is 25.6. The van der Waals surface area contributed by atoms with Gasteiger partial charge in [-0.3, -0.25) is 48.1 Å². The number of para-hydroxylation sites is 1. The molecule has 18 N–H and O–H groups in total. The van der Waals surface area contributed by atoms with Crippen molar-refractivity contribution >= 4 is 76.0 Å². The van der Waals surface area contributed by atoms with Gasteiger partial charge in [0.25, 0.3) is 0 Å². The van der Waals surface area contributed by atoms with Gasteiger partial charge in [-0.1, -0.05) is 161 Å². The highest BCUT2D eigenvalue weighted by atomic mass is 16.4. The van der Waals surface area contributed by atoms with Gasteiger partial charge in [-0.25, -0.2) is 4.79 Å². The third-order valence-electron chi connectivity index (χ3n) is 16.4. The summed E-state index contributed by atoms with van der Waals surface area (Å²) < 4.78 is 0. The summed E-state index contributed by atoms with van der Waals surface area (Å²) in [7, 11) is 0. The lowest BCUT2D eigenvalue weighted by atomic mass is 9.95. The average molecular weight is 1310 g/mol. The molecule has 0 aliphatic carbocycles. The van der Waals surface area contributed by atoms with E-state index in [1.165, 1.54) is 6.92 Å². The van der Waals surface area contributed by atoms with Crippen LogP contribution in [0.3, 0.4) is 0 Å². The number of aliphatic imine (C=N–C) groups is 1. The first-order valence-corrected chi connectivity index (χ1v) is 32.5. The topological polar surface area (TPSA) is 426 Å². The first-order valence-electron chi connectivity index (χ1n) is 32.5. The van der Waals surface area contributed by atoms with E-state index in [1.54, 1.807) is 108 Å². The van der Waals surface area contributed by atoms with E-state index in [1.807, 2.05) is 52.0 Å². The van der Waals surface area contributed by atoms with Crippen LogP contribution in [0.25, 0.3) is 10.9 Å². The van der Waals surface area contributed by atoms with Crippen LogP contribution in [0, 0.1) is 29.6 Å². The van der Waals surface area contributed by atoms with Crippen molar-refractivity contribution in [1.29, 1.82) is 0 Å². The lowest BCUT2D eigenvalue weighted by molar-refractivity contribution is -0.144. The number of nitrogens with zero attached hydrogens (tertiary/aromatic N) is 1. The maximum absolute atomic E-state index is 14.9. The molecule has 26 nitrogen and oxygen atoms in total. The monoisotopic (exact) mass is 1310 g/mol. The van der Waals surface area contributed by atoms with Gasteiger partial charge in [0.15, 0.2) is 5.96 Å². The van der Waals surface area contributed by atoms with Crippen molar-refractivity contribution in [3.05, 3.63) is 108 Å². The number of carbonyl (C=O) groups is 10. The highest BCUT2D eigenvalue weighted by Crippen LogP contribution is 2.20. The Morgan fingerprint density at radius 3 is 1.39 bits per heavy atom. The summed E-state index contributed by atoms with van der Waals surface area (Å²) in [5.74, 6) is -10.5. The van der Waals surface area contributed by atoms with E-state index in [4.69, 9.17) is 17.2 Å². The number of aromatic nitrogens is 1. The number of amides is 9. The van der Waals surface area contributed by atoms with Gasteiger partial charge in [0, 0.05) is 36.5 Å². The summed E-state index contributed by atoms with van der Waals surface area (Å²) in [6.07, 6.45) is 1.41. The zero-order chi connectivity index (χ0) is 69.9. The number of carboxylic acids is 1. The fourth-order valence-electron chi connectivity index (χ4n) is 10.6. The molecule has 1 heterocycles. The molecule has 13 atom stereocenters. The third-order valence-corrected chi connectivity index (χ3v) is 16.4. The molecule has 0 spiro atoms. The number of rotatable bonds is 39. The number of benzene rings is 3. The second kappa shape index (κ2) is 38.3. The van der Waals surface area contributed by atoms with Crippen LogP contribution in [0.5, 0.6) is 0 Å². The first-order chi connectivity index (χ1) is 44.4. The maximum atomic E-state index is 14.9. The van der Waals surface area contributed by atoms with Crippen LogP contribution in [0.15, 0.2) is 96.1 Å². The van der Waals surface area contributed by atoms with E-state index in [2.05, 4.69) is 57.8 Å². The van der Waals surface area contributed by atoms with Crippen LogP contribution in [0.2, 0.25) is 0 Å². The smallest absolute Gasteiger partial charge is 0.326 e. The molecule has 3 aromatic carbocycles. The molecule has 0 bridgehead atoms. The normalized spacial score (nSPS) is 15.6. The predicted molar refractivity (Wildman–Crippen MR) is 360 cm³/mol. The van der Waals surface area contributed by atoms with Crippen LogP contribution in [0.1, 0.15) is 131 Å². The molecule has 4 aromatic rings. The molecule has 0 saturated carbocycles. The molecule has 26 heteroatoms. The van der Waals surface area contributed by atoms with Crippen molar-refractivity contribution in [3.63, 3.8) is 0 Å². The number of hydrogen-bond acceptors (Lipinski definition) is 13. The third kappa shape index (κ3) is 24.9. The quantitative estimate of drug-likeness (QED) is 0.0173. The maximum Gasteiger partial charge on any atom is 0.326 e. The van der Waals surface area contributed by atoms with Gasteiger partial charge in [0.05, 0.1) is 12.1 Å². The number of nitrogens with two attached hydrogens (primary N) is 3. The van der Waals surface area contributed by atoms with Crippen molar-refractivity contribution in [1.82, 2.24) is 52.8 Å². The minimum absolute atomic E-state index is 0.0234. The summed E-state index contributed by atoms with van der Waals surface area (Å²) in [6, 6.07) is 11.9. The molecule has 0 unspecified atom stereocenters. The van der Waals surface area contributed by atoms with E-state index in [-0.39, 0.29) is 69.3 Å². The molecule has 0 fully saturated rings. The average Bonchev–Trinajstić information content (AvgIpc) is 1.50. The molecule has 0 saturated heterocycles. The number of guanidine groups is 1. The molecule has 0 radical (unpaired) electrons. The van der Waals surface area contributed by atoms with E-state index >= 15 is 0 Å². The number of hydrogen-bond donors (Lipinski definition) is 15.